The molecule has 0 atom stereocenters. The molecular weight excluding hydrogens is 150 g/mol. The lowest BCUT2D eigenvalue weighted by atomic mass is 10.1. The minimum Gasteiger partial charge on any atom is -0.312 e. The van der Waals surface area contributed by atoms with Gasteiger partial charge in [-0.1, -0.05) is 0 Å². The van der Waals surface area contributed by atoms with Crippen LogP contribution in [-0.4, -0.2) is 22.3 Å². The number of aromatic amines is 1. The SMILES string of the molecule is CC(C)(C)NCCc1ccn[nH]1. The van der Waals surface area contributed by atoms with Crippen molar-refractivity contribution in [1.82, 2.24) is 15.5 Å². The standard InChI is InChI=1S/C9H17N3/c1-9(2,3)10-6-4-8-5-7-11-12-8/h5,7,10H,4,6H2,1-3H3,(H,11,12). The maximum Gasteiger partial charge on any atom is 0.0490 e. The second kappa shape index (κ2) is 3.72. The number of nitrogens with one attached hydrogen (secondary N) is 2. The van der Waals surface area contributed by atoms with Crippen molar-refractivity contribution in [2.24, 2.45) is 0 Å². The van der Waals surface area contributed by atoms with Crippen molar-refractivity contribution < 1.29 is 0 Å². The van der Waals surface area contributed by atoms with Crippen LogP contribution in [-0.2, 0) is 6.42 Å². The first-order valence-corrected chi connectivity index (χ1v) is 4.31. The molecule has 0 aliphatic heterocycles. The largest absolute Gasteiger partial charge is 0.312 e. The van der Waals surface area contributed by atoms with Gasteiger partial charge < -0.3 is 5.32 Å². The Morgan fingerprint density at radius 3 is 2.75 bits per heavy atom. The molecule has 1 heterocycles. The van der Waals surface area contributed by atoms with E-state index in [-0.39, 0.29) is 5.54 Å². The average Bonchev–Trinajstić information content (AvgIpc) is 2.36. The lowest BCUT2D eigenvalue weighted by molar-refractivity contribution is 0.428. The summed E-state index contributed by atoms with van der Waals surface area (Å²) in [5, 5.41) is 10.2. The molecule has 0 fully saturated rings. The smallest absolute Gasteiger partial charge is 0.0490 e. The predicted molar refractivity (Wildman–Crippen MR) is 50.0 cm³/mol. The molecule has 3 heteroatoms. The van der Waals surface area contributed by atoms with Crippen LogP contribution in [0.25, 0.3) is 0 Å². The third-order valence-corrected chi connectivity index (χ3v) is 1.61. The lowest BCUT2D eigenvalue weighted by Gasteiger charge is -2.19. The van der Waals surface area contributed by atoms with Gasteiger partial charge in [0.1, 0.15) is 0 Å². The number of H-pyrrole nitrogens is 1. The van der Waals surface area contributed by atoms with Gasteiger partial charge in [0.25, 0.3) is 0 Å². The van der Waals surface area contributed by atoms with Gasteiger partial charge in [0.05, 0.1) is 0 Å². The molecule has 0 amide bonds. The van der Waals surface area contributed by atoms with Crippen molar-refractivity contribution in [2.75, 3.05) is 6.54 Å². The Hall–Kier alpha value is -0.830. The Kier molecular flexibility index (Phi) is 2.87. The molecule has 1 rings (SSSR count). The molecule has 0 unspecified atom stereocenters. The minimum absolute atomic E-state index is 0.208. The molecule has 3 nitrogen and oxygen atoms in total. The van der Waals surface area contributed by atoms with Crippen molar-refractivity contribution in [3.63, 3.8) is 0 Å². The van der Waals surface area contributed by atoms with Gasteiger partial charge in [-0.3, -0.25) is 5.10 Å². The Bertz CT molecular complexity index is 208. The number of rotatable bonds is 3. The minimum atomic E-state index is 0.208. The van der Waals surface area contributed by atoms with Crippen LogP contribution >= 0.6 is 0 Å². The van der Waals surface area contributed by atoms with E-state index in [2.05, 4.69) is 36.3 Å². The van der Waals surface area contributed by atoms with Crippen molar-refractivity contribution in [1.29, 1.82) is 0 Å². The van der Waals surface area contributed by atoms with Gasteiger partial charge in [-0.05, 0) is 26.8 Å². The topological polar surface area (TPSA) is 40.7 Å². The molecule has 2 N–H and O–H groups in total. The second-order valence-electron chi connectivity index (χ2n) is 4.01. The normalized spacial score (nSPS) is 11.9. The van der Waals surface area contributed by atoms with Crippen LogP contribution in [0.15, 0.2) is 12.3 Å². The summed E-state index contributed by atoms with van der Waals surface area (Å²) >= 11 is 0. The summed E-state index contributed by atoms with van der Waals surface area (Å²) in [4.78, 5) is 0. The van der Waals surface area contributed by atoms with Crippen LogP contribution in [0.2, 0.25) is 0 Å². The zero-order chi connectivity index (χ0) is 9.03. The Labute approximate surface area is 73.6 Å². The number of hydrogen-bond acceptors (Lipinski definition) is 2. The van der Waals surface area contributed by atoms with Crippen LogP contribution in [0, 0.1) is 0 Å². The molecule has 0 saturated heterocycles. The lowest BCUT2D eigenvalue weighted by Crippen LogP contribution is -2.37. The van der Waals surface area contributed by atoms with E-state index in [0.717, 1.165) is 13.0 Å². The van der Waals surface area contributed by atoms with E-state index >= 15 is 0 Å². The molecule has 0 saturated carbocycles. The molecule has 0 aliphatic rings. The van der Waals surface area contributed by atoms with E-state index in [4.69, 9.17) is 0 Å². The zero-order valence-corrected chi connectivity index (χ0v) is 8.02. The van der Waals surface area contributed by atoms with Gasteiger partial charge in [-0.25, -0.2) is 0 Å². The first-order chi connectivity index (χ1) is 5.58. The summed E-state index contributed by atoms with van der Waals surface area (Å²) in [5.74, 6) is 0. The maximum absolute atomic E-state index is 3.88. The number of hydrogen-bond donors (Lipinski definition) is 2. The Morgan fingerprint density at radius 2 is 2.25 bits per heavy atom. The highest BCUT2D eigenvalue weighted by molar-refractivity contribution is 4.97. The quantitative estimate of drug-likeness (QED) is 0.713. The summed E-state index contributed by atoms with van der Waals surface area (Å²) in [5.41, 5.74) is 1.40. The van der Waals surface area contributed by atoms with Crippen LogP contribution in [0.3, 0.4) is 0 Å². The van der Waals surface area contributed by atoms with Gasteiger partial charge in [0.15, 0.2) is 0 Å². The Morgan fingerprint density at radius 1 is 1.50 bits per heavy atom. The molecule has 1 aromatic heterocycles. The van der Waals surface area contributed by atoms with E-state index in [1.807, 2.05) is 6.07 Å². The molecule has 0 bridgehead atoms. The third kappa shape index (κ3) is 3.53. The summed E-state index contributed by atoms with van der Waals surface area (Å²) in [7, 11) is 0. The predicted octanol–water partition coefficient (Wildman–Crippen LogP) is 1.34. The summed E-state index contributed by atoms with van der Waals surface area (Å²) in [6.45, 7) is 7.49. The van der Waals surface area contributed by atoms with E-state index in [1.165, 1.54) is 5.69 Å². The zero-order valence-electron chi connectivity index (χ0n) is 8.02. The molecule has 1 aromatic rings. The summed E-state index contributed by atoms with van der Waals surface area (Å²) in [6, 6.07) is 2.00. The van der Waals surface area contributed by atoms with E-state index in [9.17, 15) is 0 Å². The van der Waals surface area contributed by atoms with E-state index < -0.39 is 0 Å². The summed E-state index contributed by atoms with van der Waals surface area (Å²) < 4.78 is 0. The first kappa shape index (κ1) is 9.26. The van der Waals surface area contributed by atoms with Crippen LogP contribution < -0.4 is 5.32 Å². The molecule has 0 radical (unpaired) electrons. The first-order valence-electron chi connectivity index (χ1n) is 4.31. The van der Waals surface area contributed by atoms with Gasteiger partial charge in [0, 0.05) is 30.4 Å². The maximum atomic E-state index is 3.88. The fraction of sp³-hybridized carbons (Fsp3) is 0.667. The molecular formula is C9H17N3. The van der Waals surface area contributed by atoms with Gasteiger partial charge >= 0.3 is 0 Å². The highest BCUT2D eigenvalue weighted by atomic mass is 15.1. The molecule has 68 valence electrons. The highest BCUT2D eigenvalue weighted by Gasteiger charge is 2.07. The van der Waals surface area contributed by atoms with Gasteiger partial charge in [0.2, 0.25) is 0 Å². The van der Waals surface area contributed by atoms with Crippen molar-refractivity contribution in [3.8, 4) is 0 Å². The third-order valence-electron chi connectivity index (χ3n) is 1.61. The molecule has 0 aliphatic carbocycles. The van der Waals surface area contributed by atoms with Gasteiger partial charge in [-0.2, -0.15) is 5.10 Å². The van der Waals surface area contributed by atoms with E-state index in [0.29, 0.717) is 0 Å². The van der Waals surface area contributed by atoms with E-state index in [1.54, 1.807) is 6.20 Å². The molecule has 12 heavy (non-hydrogen) atoms. The highest BCUT2D eigenvalue weighted by Crippen LogP contribution is 1.99. The van der Waals surface area contributed by atoms with Crippen molar-refractivity contribution in [3.05, 3.63) is 18.0 Å². The molecule has 0 spiro atoms. The Balaban J connectivity index is 2.20. The van der Waals surface area contributed by atoms with Crippen LogP contribution in [0.4, 0.5) is 0 Å². The fourth-order valence-electron chi connectivity index (χ4n) is 0.996. The number of nitrogens with zero attached hydrogens (tertiary/aromatic N) is 1. The van der Waals surface area contributed by atoms with Crippen LogP contribution in [0.5, 0.6) is 0 Å². The van der Waals surface area contributed by atoms with Crippen molar-refractivity contribution >= 4 is 0 Å². The second-order valence-corrected chi connectivity index (χ2v) is 4.01. The number of aromatic nitrogens is 2. The summed E-state index contributed by atoms with van der Waals surface area (Å²) in [6.07, 6.45) is 2.80. The van der Waals surface area contributed by atoms with Gasteiger partial charge in [-0.15, -0.1) is 0 Å². The fourth-order valence-corrected chi connectivity index (χ4v) is 0.996. The van der Waals surface area contributed by atoms with Crippen molar-refractivity contribution in [2.45, 2.75) is 32.7 Å². The molecule has 0 aromatic carbocycles. The average molecular weight is 167 g/mol. The monoisotopic (exact) mass is 167 g/mol. The van der Waals surface area contributed by atoms with Crippen LogP contribution in [0.1, 0.15) is 26.5 Å².